The van der Waals surface area contributed by atoms with Crippen molar-refractivity contribution in [2.45, 2.75) is 33.3 Å². The molecule has 0 unspecified atom stereocenters. The van der Waals surface area contributed by atoms with Gasteiger partial charge in [-0.3, -0.25) is 0 Å². The Balaban J connectivity index is 1.57. The van der Waals surface area contributed by atoms with Gasteiger partial charge in [0.15, 0.2) is 0 Å². The topological polar surface area (TPSA) is 57.2 Å². The van der Waals surface area contributed by atoms with E-state index in [9.17, 15) is 4.79 Å². The number of aryl methyl sites for hydroxylation is 1. The van der Waals surface area contributed by atoms with Crippen LogP contribution in [0.4, 0.5) is 21.2 Å². The van der Waals surface area contributed by atoms with Gasteiger partial charge in [-0.15, -0.1) is 11.3 Å². The summed E-state index contributed by atoms with van der Waals surface area (Å²) in [7, 11) is 0. The van der Waals surface area contributed by atoms with Crippen LogP contribution in [-0.4, -0.2) is 53.5 Å². The van der Waals surface area contributed by atoms with E-state index in [0.29, 0.717) is 13.1 Å². The first-order chi connectivity index (χ1) is 13.3. The van der Waals surface area contributed by atoms with Crippen molar-refractivity contribution < 1.29 is 9.53 Å². The zero-order valence-electron chi connectivity index (χ0n) is 16.8. The van der Waals surface area contributed by atoms with E-state index in [1.54, 1.807) is 16.2 Å². The highest BCUT2D eigenvalue weighted by molar-refractivity contribution is 7.16. The van der Waals surface area contributed by atoms with Crippen molar-refractivity contribution in [2.24, 2.45) is 4.99 Å². The lowest BCUT2D eigenvalue weighted by Gasteiger charge is -2.37. The van der Waals surface area contributed by atoms with Gasteiger partial charge in [-0.2, -0.15) is 0 Å². The summed E-state index contributed by atoms with van der Waals surface area (Å²) in [5.41, 5.74) is 2.61. The fraction of sp³-hybridized carbons (Fsp3) is 0.429. The summed E-state index contributed by atoms with van der Waals surface area (Å²) in [6.45, 7) is 10.5. The highest BCUT2D eigenvalue weighted by Crippen LogP contribution is 2.39. The van der Waals surface area contributed by atoms with E-state index in [1.807, 2.05) is 39.0 Å². The number of nitrogens with one attached hydrogen (secondary N) is 1. The fourth-order valence-corrected chi connectivity index (χ4v) is 4.33. The quantitative estimate of drug-likeness (QED) is 0.696. The minimum Gasteiger partial charge on any atom is -0.444 e. The van der Waals surface area contributed by atoms with E-state index >= 15 is 0 Å². The summed E-state index contributed by atoms with van der Waals surface area (Å²) in [6, 6.07) is 10.3. The second-order valence-electron chi connectivity index (χ2n) is 8.13. The minimum atomic E-state index is -0.474. The van der Waals surface area contributed by atoms with Crippen molar-refractivity contribution in [2.75, 3.05) is 31.5 Å². The van der Waals surface area contributed by atoms with E-state index in [1.165, 1.54) is 4.88 Å². The molecule has 0 spiro atoms. The molecule has 1 aromatic heterocycles. The van der Waals surface area contributed by atoms with Gasteiger partial charge in [0, 0.05) is 31.1 Å². The number of piperazine rings is 1. The Morgan fingerprint density at radius 3 is 2.61 bits per heavy atom. The number of hydrogen-bond acceptors (Lipinski definition) is 6. The maximum absolute atomic E-state index is 12.4. The molecule has 2 aliphatic heterocycles. The molecule has 2 aliphatic rings. The Morgan fingerprint density at radius 1 is 1.18 bits per heavy atom. The van der Waals surface area contributed by atoms with E-state index < -0.39 is 5.60 Å². The summed E-state index contributed by atoms with van der Waals surface area (Å²) in [4.78, 5) is 22.7. The van der Waals surface area contributed by atoms with Gasteiger partial charge in [0.1, 0.15) is 16.4 Å². The largest absolute Gasteiger partial charge is 0.444 e. The zero-order valence-corrected chi connectivity index (χ0v) is 17.6. The van der Waals surface area contributed by atoms with Gasteiger partial charge in [0.25, 0.3) is 0 Å². The van der Waals surface area contributed by atoms with Crippen molar-refractivity contribution >= 4 is 39.6 Å². The zero-order chi connectivity index (χ0) is 19.9. The standard InChI is InChI=1S/C21H26N4O2S/c1-14-13-15-18(22-16-7-5-6-8-17(16)23-19(15)28-14)24-9-11-25(12-10-24)20(26)27-21(2,3)4/h5-8,13,23H,9-12H2,1-4H3. The number of anilines is 2. The SMILES string of the molecule is Cc1cc2c(s1)Nc1ccccc1N=C2N1CCN(C(=O)OC(C)(C)C)CC1. The third-order valence-electron chi connectivity index (χ3n) is 4.71. The maximum atomic E-state index is 12.4. The third-order valence-corrected chi connectivity index (χ3v) is 5.67. The van der Waals surface area contributed by atoms with Crippen molar-refractivity contribution in [3.63, 3.8) is 0 Å². The predicted molar refractivity (Wildman–Crippen MR) is 114 cm³/mol. The molecule has 0 radical (unpaired) electrons. The molecule has 4 rings (SSSR count). The van der Waals surface area contributed by atoms with E-state index in [-0.39, 0.29) is 6.09 Å². The first-order valence-corrected chi connectivity index (χ1v) is 10.4. The van der Waals surface area contributed by atoms with Crippen LogP contribution in [0.1, 0.15) is 31.2 Å². The van der Waals surface area contributed by atoms with E-state index in [0.717, 1.165) is 40.9 Å². The first-order valence-electron chi connectivity index (χ1n) is 9.58. The molecule has 3 heterocycles. The average Bonchev–Trinajstić information content (AvgIpc) is 2.92. The van der Waals surface area contributed by atoms with Crippen LogP contribution in [0.15, 0.2) is 35.3 Å². The number of aliphatic imine (C=N–C) groups is 1. The minimum absolute atomic E-state index is 0.242. The number of rotatable bonds is 0. The Labute approximate surface area is 169 Å². The Morgan fingerprint density at radius 2 is 1.89 bits per heavy atom. The van der Waals surface area contributed by atoms with Crippen molar-refractivity contribution in [3.05, 3.63) is 40.8 Å². The van der Waals surface area contributed by atoms with Crippen LogP contribution in [0.5, 0.6) is 0 Å². The lowest BCUT2D eigenvalue weighted by atomic mass is 10.2. The summed E-state index contributed by atoms with van der Waals surface area (Å²) >= 11 is 1.74. The van der Waals surface area contributed by atoms with Crippen LogP contribution in [0.25, 0.3) is 0 Å². The average molecular weight is 399 g/mol. The molecular weight excluding hydrogens is 372 g/mol. The van der Waals surface area contributed by atoms with Crippen LogP contribution < -0.4 is 5.32 Å². The second kappa shape index (κ2) is 7.13. The molecule has 148 valence electrons. The summed E-state index contributed by atoms with van der Waals surface area (Å²) in [5.74, 6) is 0.973. The molecule has 1 fully saturated rings. The molecule has 6 nitrogen and oxygen atoms in total. The molecule has 0 bridgehead atoms. The van der Waals surface area contributed by atoms with Crippen LogP contribution in [-0.2, 0) is 4.74 Å². The molecule has 1 N–H and O–H groups in total. The third kappa shape index (κ3) is 3.85. The normalized spacial score (nSPS) is 16.5. The number of fused-ring (bicyclic) bond motifs is 2. The summed E-state index contributed by atoms with van der Waals surface area (Å²) in [5, 5.41) is 4.66. The molecule has 0 atom stereocenters. The smallest absolute Gasteiger partial charge is 0.410 e. The van der Waals surface area contributed by atoms with Crippen LogP contribution in [0, 0.1) is 6.92 Å². The van der Waals surface area contributed by atoms with Crippen LogP contribution in [0.2, 0.25) is 0 Å². The van der Waals surface area contributed by atoms with Crippen LogP contribution in [0.3, 0.4) is 0 Å². The molecule has 0 aliphatic carbocycles. The van der Waals surface area contributed by atoms with E-state index in [2.05, 4.69) is 29.3 Å². The van der Waals surface area contributed by atoms with Crippen molar-refractivity contribution in [1.29, 1.82) is 0 Å². The van der Waals surface area contributed by atoms with Crippen molar-refractivity contribution in [3.8, 4) is 0 Å². The monoisotopic (exact) mass is 398 g/mol. The van der Waals surface area contributed by atoms with Gasteiger partial charge in [-0.25, -0.2) is 9.79 Å². The Hall–Kier alpha value is -2.54. The fourth-order valence-electron chi connectivity index (χ4n) is 3.42. The number of ether oxygens (including phenoxy) is 1. The summed E-state index contributed by atoms with van der Waals surface area (Å²) in [6.07, 6.45) is -0.242. The second-order valence-corrected chi connectivity index (χ2v) is 9.39. The Bertz CT molecular complexity index is 921. The first kappa shape index (κ1) is 18.8. The van der Waals surface area contributed by atoms with Gasteiger partial charge in [-0.05, 0) is 45.9 Å². The van der Waals surface area contributed by atoms with Crippen LogP contribution >= 0.6 is 11.3 Å². The molecule has 28 heavy (non-hydrogen) atoms. The molecule has 1 amide bonds. The van der Waals surface area contributed by atoms with Gasteiger partial charge >= 0.3 is 6.09 Å². The maximum Gasteiger partial charge on any atom is 0.410 e. The molecule has 7 heteroatoms. The van der Waals surface area contributed by atoms with E-state index in [4.69, 9.17) is 9.73 Å². The highest BCUT2D eigenvalue weighted by atomic mass is 32.1. The Kier molecular flexibility index (Phi) is 4.79. The number of amidine groups is 1. The lowest BCUT2D eigenvalue weighted by molar-refractivity contribution is 0.0187. The number of carbonyl (C=O) groups is 1. The molecular formula is C21H26N4O2S. The number of benzene rings is 1. The number of hydrogen-bond donors (Lipinski definition) is 1. The molecule has 0 saturated carbocycles. The number of carbonyl (C=O) groups excluding carboxylic acids is 1. The number of thiophene rings is 1. The molecule has 2 aromatic rings. The predicted octanol–water partition coefficient (Wildman–Crippen LogP) is 4.74. The molecule has 1 saturated heterocycles. The van der Waals surface area contributed by atoms with Gasteiger partial charge in [0.05, 0.1) is 16.9 Å². The van der Waals surface area contributed by atoms with Gasteiger partial charge in [-0.1, -0.05) is 12.1 Å². The molecule has 1 aromatic carbocycles. The highest BCUT2D eigenvalue weighted by Gasteiger charge is 2.29. The van der Waals surface area contributed by atoms with Gasteiger partial charge < -0.3 is 19.9 Å². The number of para-hydroxylation sites is 2. The van der Waals surface area contributed by atoms with Crippen molar-refractivity contribution in [1.82, 2.24) is 9.80 Å². The lowest BCUT2D eigenvalue weighted by Crippen LogP contribution is -2.51. The summed E-state index contributed by atoms with van der Waals surface area (Å²) < 4.78 is 5.51. The number of amides is 1. The van der Waals surface area contributed by atoms with Gasteiger partial charge in [0.2, 0.25) is 0 Å². The number of nitrogens with zero attached hydrogens (tertiary/aromatic N) is 3.